The molecule has 1 aliphatic heterocycles. The van der Waals surface area contributed by atoms with Crippen LogP contribution in [-0.2, 0) is 0 Å². The molecule has 0 unspecified atom stereocenters. The van der Waals surface area contributed by atoms with Crippen molar-refractivity contribution in [3.63, 3.8) is 0 Å². The van der Waals surface area contributed by atoms with Crippen LogP contribution >= 0.6 is 0 Å². The molecule has 0 aromatic heterocycles. The van der Waals surface area contributed by atoms with Crippen molar-refractivity contribution in [3.05, 3.63) is 35.4 Å². The molecule has 0 aliphatic carbocycles. The van der Waals surface area contributed by atoms with Crippen molar-refractivity contribution in [2.75, 3.05) is 19.6 Å². The van der Waals surface area contributed by atoms with E-state index < -0.39 is 0 Å². The fourth-order valence-electron chi connectivity index (χ4n) is 2.57. The van der Waals surface area contributed by atoms with Crippen LogP contribution in [0.1, 0.15) is 48.5 Å². The summed E-state index contributed by atoms with van der Waals surface area (Å²) in [6.07, 6.45) is 2.49. The van der Waals surface area contributed by atoms with E-state index in [4.69, 9.17) is 0 Å². The average Bonchev–Trinajstić information content (AvgIpc) is 2.39. The van der Waals surface area contributed by atoms with Crippen molar-refractivity contribution in [1.29, 1.82) is 0 Å². The zero-order chi connectivity index (χ0) is 12.3. The third kappa shape index (κ3) is 2.95. The highest BCUT2D eigenvalue weighted by Gasteiger charge is 2.19. The van der Waals surface area contributed by atoms with Crippen LogP contribution in [0.2, 0.25) is 0 Å². The van der Waals surface area contributed by atoms with Crippen LogP contribution in [0.4, 0.5) is 0 Å². The number of Topliss-reactive ketones (excluding diaryl/α,β-unsaturated/α-hetero) is 1. The second-order valence-electron chi connectivity index (χ2n) is 4.89. The van der Waals surface area contributed by atoms with Crippen LogP contribution in [0, 0.1) is 0 Å². The molecule has 2 heteroatoms. The lowest BCUT2D eigenvalue weighted by Gasteiger charge is -2.31. The molecule has 92 valence electrons. The zero-order valence-electron chi connectivity index (χ0n) is 10.8. The van der Waals surface area contributed by atoms with Gasteiger partial charge in [-0.25, -0.2) is 0 Å². The van der Waals surface area contributed by atoms with Gasteiger partial charge in [0.2, 0.25) is 0 Å². The SMILES string of the molecule is CCN1CCC(c2ccc(C(C)=O)cc2)CC1. The van der Waals surface area contributed by atoms with Crippen LogP contribution in [0.15, 0.2) is 24.3 Å². The van der Waals surface area contributed by atoms with E-state index in [0.29, 0.717) is 5.92 Å². The van der Waals surface area contributed by atoms with E-state index in [9.17, 15) is 4.79 Å². The minimum Gasteiger partial charge on any atom is -0.304 e. The van der Waals surface area contributed by atoms with Gasteiger partial charge in [-0.1, -0.05) is 31.2 Å². The van der Waals surface area contributed by atoms with Gasteiger partial charge in [-0.2, -0.15) is 0 Å². The number of ketones is 1. The molecule has 1 aliphatic rings. The summed E-state index contributed by atoms with van der Waals surface area (Å²) >= 11 is 0. The van der Waals surface area contributed by atoms with E-state index in [2.05, 4.69) is 24.0 Å². The number of rotatable bonds is 3. The van der Waals surface area contributed by atoms with Crippen molar-refractivity contribution in [1.82, 2.24) is 4.90 Å². The van der Waals surface area contributed by atoms with Crippen LogP contribution in [0.3, 0.4) is 0 Å². The van der Waals surface area contributed by atoms with E-state index in [1.165, 1.54) is 31.5 Å². The summed E-state index contributed by atoms with van der Waals surface area (Å²) in [5.41, 5.74) is 2.21. The minimum absolute atomic E-state index is 0.150. The van der Waals surface area contributed by atoms with Crippen LogP contribution < -0.4 is 0 Å². The van der Waals surface area contributed by atoms with Crippen molar-refractivity contribution in [3.8, 4) is 0 Å². The number of hydrogen-bond acceptors (Lipinski definition) is 2. The molecule has 0 radical (unpaired) electrons. The van der Waals surface area contributed by atoms with E-state index >= 15 is 0 Å². The third-order valence-corrected chi connectivity index (χ3v) is 3.82. The summed E-state index contributed by atoms with van der Waals surface area (Å²) in [7, 11) is 0. The topological polar surface area (TPSA) is 20.3 Å². The first kappa shape index (κ1) is 12.3. The molecular weight excluding hydrogens is 210 g/mol. The van der Waals surface area contributed by atoms with Crippen LogP contribution in [0.5, 0.6) is 0 Å². The van der Waals surface area contributed by atoms with Gasteiger partial charge >= 0.3 is 0 Å². The standard InChI is InChI=1S/C15H21NO/c1-3-16-10-8-15(9-11-16)14-6-4-13(5-7-14)12(2)17/h4-7,15H,3,8-11H2,1-2H3. The number of nitrogens with zero attached hydrogens (tertiary/aromatic N) is 1. The molecule has 2 nitrogen and oxygen atoms in total. The van der Waals surface area contributed by atoms with Gasteiger partial charge in [0.25, 0.3) is 0 Å². The average molecular weight is 231 g/mol. The smallest absolute Gasteiger partial charge is 0.159 e. The highest BCUT2D eigenvalue weighted by molar-refractivity contribution is 5.94. The second kappa shape index (κ2) is 5.46. The summed E-state index contributed by atoms with van der Waals surface area (Å²) in [6, 6.07) is 8.18. The van der Waals surface area contributed by atoms with Gasteiger partial charge in [-0.15, -0.1) is 0 Å². The molecule has 0 atom stereocenters. The molecule has 0 bridgehead atoms. The first-order valence-corrected chi connectivity index (χ1v) is 6.54. The molecule has 0 amide bonds. The number of hydrogen-bond donors (Lipinski definition) is 0. The van der Waals surface area contributed by atoms with E-state index in [1.807, 2.05) is 12.1 Å². The Balaban J connectivity index is 2.01. The van der Waals surface area contributed by atoms with Crippen molar-refractivity contribution < 1.29 is 4.79 Å². The summed E-state index contributed by atoms with van der Waals surface area (Å²) < 4.78 is 0. The number of likely N-dealkylation sites (tertiary alicyclic amines) is 1. The summed E-state index contributed by atoms with van der Waals surface area (Å²) in [4.78, 5) is 13.7. The second-order valence-corrected chi connectivity index (χ2v) is 4.89. The molecule has 0 spiro atoms. The van der Waals surface area contributed by atoms with E-state index in [0.717, 1.165) is 12.1 Å². The van der Waals surface area contributed by atoms with Crippen LogP contribution in [0.25, 0.3) is 0 Å². The highest BCUT2D eigenvalue weighted by atomic mass is 16.1. The Bertz CT molecular complexity index is 374. The quantitative estimate of drug-likeness (QED) is 0.745. The Labute approximate surface area is 104 Å². The number of carbonyl (C=O) groups excluding carboxylic acids is 1. The maximum atomic E-state index is 11.2. The summed E-state index contributed by atoms with van der Waals surface area (Å²) in [5, 5.41) is 0. The van der Waals surface area contributed by atoms with Gasteiger partial charge in [0, 0.05) is 5.56 Å². The monoisotopic (exact) mass is 231 g/mol. The van der Waals surface area contributed by atoms with Crippen molar-refractivity contribution in [2.24, 2.45) is 0 Å². The molecule has 0 N–H and O–H groups in total. The molecule has 1 aromatic carbocycles. The number of benzene rings is 1. The molecule has 0 saturated carbocycles. The molecule has 1 heterocycles. The van der Waals surface area contributed by atoms with Gasteiger partial charge in [0.05, 0.1) is 0 Å². The molecule has 1 aromatic rings. The predicted molar refractivity (Wildman–Crippen MR) is 70.5 cm³/mol. The molecule has 1 fully saturated rings. The Hall–Kier alpha value is -1.15. The lowest BCUT2D eigenvalue weighted by atomic mass is 9.89. The fourth-order valence-corrected chi connectivity index (χ4v) is 2.57. The largest absolute Gasteiger partial charge is 0.304 e. The van der Waals surface area contributed by atoms with Gasteiger partial charge in [-0.3, -0.25) is 4.79 Å². The lowest BCUT2D eigenvalue weighted by Crippen LogP contribution is -2.32. The molecular formula is C15H21NO. The Morgan fingerprint density at radius 1 is 1.24 bits per heavy atom. The Morgan fingerprint density at radius 3 is 2.29 bits per heavy atom. The maximum Gasteiger partial charge on any atom is 0.159 e. The number of carbonyl (C=O) groups is 1. The summed E-state index contributed by atoms with van der Waals surface area (Å²) in [5.74, 6) is 0.830. The minimum atomic E-state index is 0.150. The molecule has 17 heavy (non-hydrogen) atoms. The first-order chi connectivity index (χ1) is 8.20. The maximum absolute atomic E-state index is 11.2. The predicted octanol–water partition coefficient (Wildman–Crippen LogP) is 3.09. The van der Waals surface area contributed by atoms with Gasteiger partial charge in [0.15, 0.2) is 5.78 Å². The first-order valence-electron chi connectivity index (χ1n) is 6.54. The van der Waals surface area contributed by atoms with Crippen molar-refractivity contribution >= 4 is 5.78 Å². The number of piperidine rings is 1. The Morgan fingerprint density at radius 2 is 1.82 bits per heavy atom. The van der Waals surface area contributed by atoms with Gasteiger partial charge in [-0.05, 0) is 50.9 Å². The van der Waals surface area contributed by atoms with E-state index in [-0.39, 0.29) is 5.78 Å². The fraction of sp³-hybridized carbons (Fsp3) is 0.533. The highest BCUT2D eigenvalue weighted by Crippen LogP contribution is 2.27. The molecule has 1 saturated heterocycles. The normalized spacial score (nSPS) is 18.2. The molecule has 2 rings (SSSR count). The van der Waals surface area contributed by atoms with Gasteiger partial charge < -0.3 is 4.90 Å². The van der Waals surface area contributed by atoms with E-state index in [1.54, 1.807) is 6.92 Å². The van der Waals surface area contributed by atoms with Crippen molar-refractivity contribution in [2.45, 2.75) is 32.6 Å². The summed E-state index contributed by atoms with van der Waals surface area (Å²) in [6.45, 7) is 7.41. The third-order valence-electron chi connectivity index (χ3n) is 3.82. The lowest BCUT2D eigenvalue weighted by molar-refractivity contribution is 0.101. The van der Waals surface area contributed by atoms with Gasteiger partial charge in [0.1, 0.15) is 0 Å². The zero-order valence-corrected chi connectivity index (χ0v) is 10.8. The Kier molecular flexibility index (Phi) is 3.95. The van der Waals surface area contributed by atoms with Crippen LogP contribution in [-0.4, -0.2) is 30.3 Å².